The minimum absolute atomic E-state index is 0.0429. The normalized spacial score (nSPS) is 20.1. The van der Waals surface area contributed by atoms with Gasteiger partial charge in [0.2, 0.25) is 15.9 Å². The van der Waals surface area contributed by atoms with Crippen LogP contribution >= 0.6 is 0 Å². The molecule has 0 bridgehead atoms. The Labute approximate surface area is 129 Å². The molecule has 1 amide bonds. The minimum Gasteiger partial charge on any atom is -0.382 e. The molecule has 1 aliphatic rings. The summed E-state index contributed by atoms with van der Waals surface area (Å²) in [4.78, 5) is 13.3. The van der Waals surface area contributed by atoms with Crippen LogP contribution in [0.25, 0.3) is 0 Å². The maximum absolute atomic E-state index is 13.0. The smallest absolute Gasteiger partial charge is 0.243 e. The van der Waals surface area contributed by atoms with Gasteiger partial charge in [-0.05, 0) is 24.3 Å². The van der Waals surface area contributed by atoms with Crippen LogP contribution in [-0.4, -0.2) is 62.9 Å². The predicted octanol–water partition coefficient (Wildman–Crippen LogP) is 0.694. The maximum atomic E-state index is 13.0. The van der Waals surface area contributed by atoms with Crippen molar-refractivity contribution < 1.29 is 22.3 Å². The number of sulfonamides is 1. The van der Waals surface area contributed by atoms with Gasteiger partial charge >= 0.3 is 0 Å². The van der Waals surface area contributed by atoms with Crippen LogP contribution in [0.1, 0.15) is 6.92 Å². The Morgan fingerprint density at radius 1 is 1.32 bits per heavy atom. The number of benzene rings is 1. The molecule has 0 radical (unpaired) electrons. The van der Waals surface area contributed by atoms with Crippen molar-refractivity contribution in [1.82, 2.24) is 9.21 Å². The number of halogens is 1. The fraction of sp³-hybridized carbons (Fsp3) is 0.500. The van der Waals surface area contributed by atoms with Gasteiger partial charge in [0, 0.05) is 33.7 Å². The van der Waals surface area contributed by atoms with E-state index in [0.29, 0.717) is 6.54 Å². The Bertz CT molecular complexity index is 633. The second kappa shape index (κ2) is 6.72. The number of nitrogens with zero attached hydrogens (tertiary/aromatic N) is 2. The zero-order valence-electron chi connectivity index (χ0n) is 12.5. The predicted molar refractivity (Wildman–Crippen MR) is 78.2 cm³/mol. The van der Waals surface area contributed by atoms with E-state index in [0.717, 1.165) is 12.1 Å². The molecule has 1 aromatic carbocycles. The third-order valence-corrected chi connectivity index (χ3v) is 5.54. The summed E-state index contributed by atoms with van der Waals surface area (Å²) in [5.74, 6) is -0.599. The lowest BCUT2D eigenvalue weighted by Crippen LogP contribution is -2.57. The molecule has 1 fully saturated rings. The lowest BCUT2D eigenvalue weighted by molar-refractivity contribution is -0.134. The Morgan fingerprint density at radius 2 is 1.95 bits per heavy atom. The number of ether oxygens (including phenoxy) is 1. The third-order valence-electron chi connectivity index (χ3n) is 3.66. The van der Waals surface area contributed by atoms with Gasteiger partial charge in [0.15, 0.2) is 0 Å². The van der Waals surface area contributed by atoms with Crippen LogP contribution in [-0.2, 0) is 19.6 Å². The molecule has 2 rings (SSSR count). The minimum atomic E-state index is -3.71. The van der Waals surface area contributed by atoms with Crippen LogP contribution in [0.15, 0.2) is 29.2 Å². The summed E-state index contributed by atoms with van der Waals surface area (Å²) in [6.45, 7) is 2.39. The average Bonchev–Trinajstić information content (AvgIpc) is 2.47. The van der Waals surface area contributed by atoms with E-state index in [1.807, 2.05) is 0 Å². The van der Waals surface area contributed by atoms with E-state index >= 15 is 0 Å². The highest BCUT2D eigenvalue weighted by molar-refractivity contribution is 7.89. The lowest BCUT2D eigenvalue weighted by atomic mass is 10.2. The van der Waals surface area contributed by atoms with Gasteiger partial charge in [-0.3, -0.25) is 4.79 Å². The van der Waals surface area contributed by atoms with Gasteiger partial charge in [-0.15, -0.1) is 0 Å². The summed E-state index contributed by atoms with van der Waals surface area (Å²) in [5.41, 5.74) is 0. The van der Waals surface area contributed by atoms with Crippen LogP contribution < -0.4 is 0 Å². The van der Waals surface area contributed by atoms with Gasteiger partial charge in [-0.2, -0.15) is 4.31 Å². The Balaban J connectivity index is 2.22. The average molecular weight is 330 g/mol. The molecule has 0 aliphatic carbocycles. The van der Waals surface area contributed by atoms with Crippen LogP contribution in [0.4, 0.5) is 4.39 Å². The monoisotopic (exact) mass is 330 g/mol. The van der Waals surface area contributed by atoms with E-state index < -0.39 is 15.8 Å². The summed E-state index contributed by atoms with van der Waals surface area (Å²) in [6, 6.07) is 4.39. The van der Waals surface area contributed by atoms with Crippen LogP contribution in [0.2, 0.25) is 0 Å². The first-order chi connectivity index (χ1) is 10.4. The maximum Gasteiger partial charge on any atom is 0.243 e. The molecule has 1 aliphatic heterocycles. The van der Waals surface area contributed by atoms with Crippen molar-refractivity contribution in [2.75, 3.05) is 33.4 Å². The van der Waals surface area contributed by atoms with E-state index in [-0.39, 0.29) is 36.5 Å². The number of hydrogen-bond acceptors (Lipinski definition) is 4. The Morgan fingerprint density at radius 3 is 2.50 bits per heavy atom. The van der Waals surface area contributed by atoms with Crippen molar-refractivity contribution in [3.05, 3.63) is 30.1 Å². The van der Waals surface area contributed by atoms with E-state index in [9.17, 15) is 17.6 Å². The first-order valence-corrected chi connectivity index (χ1v) is 8.32. The number of amides is 1. The van der Waals surface area contributed by atoms with Gasteiger partial charge in [0.05, 0.1) is 17.5 Å². The van der Waals surface area contributed by atoms with Crippen LogP contribution in [0.3, 0.4) is 0 Å². The Kier molecular flexibility index (Phi) is 5.15. The fourth-order valence-corrected chi connectivity index (χ4v) is 4.02. The van der Waals surface area contributed by atoms with Crippen LogP contribution in [0, 0.1) is 5.82 Å². The molecule has 6 nitrogen and oxygen atoms in total. The van der Waals surface area contributed by atoms with Crippen molar-refractivity contribution >= 4 is 15.9 Å². The first kappa shape index (κ1) is 16.9. The van der Waals surface area contributed by atoms with E-state index in [1.165, 1.54) is 30.5 Å². The zero-order chi connectivity index (χ0) is 16.3. The molecule has 122 valence electrons. The largest absolute Gasteiger partial charge is 0.382 e. The van der Waals surface area contributed by atoms with Gasteiger partial charge in [-0.25, -0.2) is 12.8 Å². The van der Waals surface area contributed by atoms with Crippen molar-refractivity contribution in [2.24, 2.45) is 0 Å². The molecule has 8 heteroatoms. The van der Waals surface area contributed by atoms with Gasteiger partial charge in [0.25, 0.3) is 0 Å². The third kappa shape index (κ3) is 3.45. The lowest BCUT2D eigenvalue weighted by Gasteiger charge is -2.40. The van der Waals surface area contributed by atoms with E-state index in [1.54, 1.807) is 4.90 Å². The molecule has 0 aromatic heterocycles. The summed E-state index contributed by atoms with van der Waals surface area (Å²) < 4.78 is 44.5. The molecular weight excluding hydrogens is 311 g/mol. The highest BCUT2D eigenvalue weighted by Gasteiger charge is 2.35. The molecule has 1 saturated heterocycles. The molecule has 0 N–H and O–H groups in total. The molecule has 1 heterocycles. The fourth-order valence-electron chi connectivity index (χ4n) is 2.55. The summed E-state index contributed by atoms with van der Waals surface area (Å²) >= 11 is 0. The number of methoxy groups -OCH3 is 1. The number of carbonyl (C=O) groups excluding carboxylic acids is 1. The van der Waals surface area contributed by atoms with Gasteiger partial charge < -0.3 is 9.64 Å². The molecular formula is C14H19FN2O4S. The van der Waals surface area contributed by atoms with E-state index in [2.05, 4.69) is 0 Å². The van der Waals surface area contributed by atoms with Crippen molar-refractivity contribution in [1.29, 1.82) is 0 Å². The first-order valence-electron chi connectivity index (χ1n) is 6.88. The quantitative estimate of drug-likeness (QED) is 0.815. The second-order valence-corrected chi connectivity index (χ2v) is 7.08. The van der Waals surface area contributed by atoms with E-state index in [4.69, 9.17) is 4.74 Å². The summed E-state index contributed by atoms with van der Waals surface area (Å²) in [6.07, 6.45) is 0. The standard InChI is InChI=1S/C14H19FN2O4S/c1-11(18)17-8-7-16(9-13(17)10-21-2)22(19,20)14-5-3-12(15)4-6-14/h3-6,13H,7-10H2,1-2H3. The van der Waals surface area contributed by atoms with Crippen molar-refractivity contribution in [2.45, 2.75) is 17.9 Å². The molecule has 1 unspecified atom stereocenters. The van der Waals surface area contributed by atoms with Crippen molar-refractivity contribution in [3.63, 3.8) is 0 Å². The Hall–Kier alpha value is -1.51. The molecule has 1 atom stereocenters. The molecule has 0 spiro atoms. The number of piperazine rings is 1. The number of hydrogen-bond donors (Lipinski definition) is 0. The highest BCUT2D eigenvalue weighted by Crippen LogP contribution is 2.20. The summed E-state index contributed by atoms with van der Waals surface area (Å²) in [7, 11) is -2.20. The van der Waals surface area contributed by atoms with Gasteiger partial charge in [0.1, 0.15) is 5.82 Å². The molecule has 1 aromatic rings. The van der Waals surface area contributed by atoms with Crippen molar-refractivity contribution in [3.8, 4) is 0 Å². The van der Waals surface area contributed by atoms with Gasteiger partial charge in [-0.1, -0.05) is 0 Å². The zero-order valence-corrected chi connectivity index (χ0v) is 13.3. The number of carbonyl (C=O) groups is 1. The second-order valence-electron chi connectivity index (χ2n) is 5.14. The SMILES string of the molecule is COCC1CN(S(=O)(=O)c2ccc(F)cc2)CCN1C(C)=O. The summed E-state index contributed by atoms with van der Waals surface area (Å²) in [5, 5.41) is 0. The van der Waals surface area contributed by atoms with Crippen LogP contribution in [0.5, 0.6) is 0 Å². The molecule has 22 heavy (non-hydrogen) atoms. The highest BCUT2D eigenvalue weighted by atomic mass is 32.2. The topological polar surface area (TPSA) is 66.9 Å². The number of rotatable bonds is 4. The molecule has 0 saturated carbocycles.